The summed E-state index contributed by atoms with van der Waals surface area (Å²) in [6.07, 6.45) is 0.111. The van der Waals surface area contributed by atoms with Crippen molar-refractivity contribution in [1.82, 2.24) is 0 Å². The molecule has 0 amide bonds. The van der Waals surface area contributed by atoms with E-state index in [2.05, 4.69) is 0 Å². The minimum absolute atomic E-state index is 0.111. The van der Waals surface area contributed by atoms with Gasteiger partial charge in [0.25, 0.3) is 0 Å². The zero-order valence-electron chi connectivity index (χ0n) is 9.33. The fourth-order valence-electron chi connectivity index (χ4n) is 1.68. The van der Waals surface area contributed by atoms with E-state index in [4.69, 9.17) is 0 Å². The molecule has 0 aliphatic rings. The molecule has 94 valence electrons. The second-order valence-corrected chi connectivity index (χ2v) is 3.90. The van der Waals surface area contributed by atoms with Crippen LogP contribution < -0.4 is 0 Å². The van der Waals surface area contributed by atoms with E-state index in [-0.39, 0.29) is 17.9 Å². The van der Waals surface area contributed by atoms with Gasteiger partial charge in [-0.3, -0.25) is 0 Å². The Hall–Kier alpha value is -2.56. The predicted octanol–water partition coefficient (Wildman–Crippen LogP) is 1.81. The highest BCUT2D eigenvalue weighted by molar-refractivity contribution is 5.55. The zero-order chi connectivity index (χ0) is 13.3. The molecule has 0 aliphatic carbocycles. The van der Waals surface area contributed by atoms with Gasteiger partial charge in [-0.2, -0.15) is 0 Å². The molecular formula is C13H12O5. The van der Waals surface area contributed by atoms with Gasteiger partial charge >= 0.3 is 0 Å². The Morgan fingerprint density at radius 3 is 1.94 bits per heavy atom. The quantitative estimate of drug-likeness (QED) is 0.522. The maximum atomic E-state index is 9.65. The van der Waals surface area contributed by atoms with Crippen molar-refractivity contribution in [2.75, 3.05) is 0 Å². The van der Waals surface area contributed by atoms with E-state index >= 15 is 0 Å². The lowest BCUT2D eigenvalue weighted by Crippen LogP contribution is -1.90. The van der Waals surface area contributed by atoms with Crippen LogP contribution in [0.5, 0.6) is 28.7 Å². The normalized spacial score (nSPS) is 10.4. The monoisotopic (exact) mass is 248 g/mol. The Morgan fingerprint density at radius 2 is 1.22 bits per heavy atom. The average Bonchev–Trinajstić information content (AvgIpc) is 2.35. The van der Waals surface area contributed by atoms with Crippen LogP contribution in [0, 0.1) is 0 Å². The molecule has 5 heteroatoms. The number of phenolic OH excluding ortho intramolecular Hbond substituents is 5. The summed E-state index contributed by atoms with van der Waals surface area (Å²) in [5.74, 6) is -2.00. The molecule has 0 aliphatic heterocycles. The van der Waals surface area contributed by atoms with Crippen molar-refractivity contribution in [3.8, 4) is 28.7 Å². The number of hydrogen-bond acceptors (Lipinski definition) is 5. The zero-order valence-corrected chi connectivity index (χ0v) is 9.33. The number of para-hydroxylation sites is 1. The Labute approximate surface area is 103 Å². The first kappa shape index (κ1) is 11.9. The summed E-state index contributed by atoms with van der Waals surface area (Å²) in [4.78, 5) is 0. The Kier molecular flexibility index (Phi) is 2.89. The van der Waals surface area contributed by atoms with Crippen molar-refractivity contribution < 1.29 is 25.5 Å². The number of phenols is 5. The van der Waals surface area contributed by atoms with Crippen LogP contribution in [0.2, 0.25) is 0 Å². The third-order valence-electron chi connectivity index (χ3n) is 2.69. The van der Waals surface area contributed by atoms with Gasteiger partial charge in [-0.15, -0.1) is 0 Å². The van der Waals surface area contributed by atoms with Gasteiger partial charge in [-0.1, -0.05) is 18.2 Å². The van der Waals surface area contributed by atoms with Gasteiger partial charge in [0.2, 0.25) is 5.75 Å². The molecule has 0 radical (unpaired) electrons. The second kappa shape index (κ2) is 4.37. The summed E-state index contributed by atoms with van der Waals surface area (Å²) < 4.78 is 0. The van der Waals surface area contributed by atoms with Crippen molar-refractivity contribution in [1.29, 1.82) is 0 Å². The van der Waals surface area contributed by atoms with E-state index in [9.17, 15) is 25.5 Å². The first-order chi connectivity index (χ1) is 8.50. The van der Waals surface area contributed by atoms with E-state index in [1.165, 1.54) is 18.2 Å². The molecule has 0 spiro atoms. The van der Waals surface area contributed by atoms with Crippen LogP contribution >= 0.6 is 0 Å². The van der Waals surface area contributed by atoms with Crippen molar-refractivity contribution >= 4 is 0 Å². The largest absolute Gasteiger partial charge is 0.504 e. The topological polar surface area (TPSA) is 101 Å². The van der Waals surface area contributed by atoms with Crippen LogP contribution in [0.3, 0.4) is 0 Å². The van der Waals surface area contributed by atoms with Crippen LogP contribution in [0.15, 0.2) is 30.3 Å². The van der Waals surface area contributed by atoms with Crippen molar-refractivity contribution in [3.63, 3.8) is 0 Å². The highest BCUT2D eigenvalue weighted by Crippen LogP contribution is 2.39. The molecule has 5 nitrogen and oxygen atoms in total. The van der Waals surface area contributed by atoms with E-state index in [1.54, 1.807) is 12.1 Å². The van der Waals surface area contributed by atoms with Crippen molar-refractivity contribution in [2.24, 2.45) is 0 Å². The number of aromatic hydroxyl groups is 5. The molecule has 5 N–H and O–H groups in total. The number of benzene rings is 2. The Bertz CT molecular complexity index is 592. The van der Waals surface area contributed by atoms with E-state index in [1.807, 2.05) is 0 Å². The number of hydrogen-bond donors (Lipinski definition) is 5. The molecule has 0 saturated carbocycles. The first-order valence-corrected chi connectivity index (χ1v) is 5.23. The second-order valence-electron chi connectivity index (χ2n) is 3.90. The minimum atomic E-state index is -0.604. The molecule has 0 saturated heterocycles. The van der Waals surface area contributed by atoms with Gasteiger partial charge in [0.15, 0.2) is 23.0 Å². The molecule has 2 aromatic rings. The lowest BCUT2D eigenvalue weighted by Gasteiger charge is -2.09. The molecular weight excluding hydrogens is 236 g/mol. The summed E-state index contributed by atoms with van der Waals surface area (Å²) in [6.45, 7) is 0. The van der Waals surface area contributed by atoms with Crippen LogP contribution in [0.25, 0.3) is 0 Å². The summed E-state index contributed by atoms with van der Waals surface area (Å²) >= 11 is 0. The summed E-state index contributed by atoms with van der Waals surface area (Å²) in [5, 5.41) is 47.2. The molecule has 0 aromatic heterocycles. The molecule has 0 heterocycles. The summed E-state index contributed by atoms with van der Waals surface area (Å²) in [5.41, 5.74) is 0.724. The van der Waals surface area contributed by atoms with Crippen LogP contribution in [0.4, 0.5) is 0 Å². The lowest BCUT2D eigenvalue weighted by molar-refractivity contribution is 0.365. The molecule has 0 atom stereocenters. The van der Waals surface area contributed by atoms with Crippen LogP contribution in [-0.2, 0) is 6.42 Å². The smallest absolute Gasteiger partial charge is 0.200 e. The highest BCUT2D eigenvalue weighted by atomic mass is 16.3. The van der Waals surface area contributed by atoms with E-state index in [0.29, 0.717) is 11.1 Å². The fraction of sp³-hybridized carbons (Fsp3) is 0.0769. The minimum Gasteiger partial charge on any atom is -0.504 e. The molecule has 0 unspecified atom stereocenters. The van der Waals surface area contributed by atoms with E-state index < -0.39 is 17.2 Å². The first-order valence-electron chi connectivity index (χ1n) is 5.23. The predicted molar refractivity (Wildman–Crippen MR) is 64.0 cm³/mol. The van der Waals surface area contributed by atoms with Gasteiger partial charge in [0, 0.05) is 17.5 Å². The van der Waals surface area contributed by atoms with Gasteiger partial charge in [0.1, 0.15) is 0 Å². The molecule has 2 aromatic carbocycles. The summed E-state index contributed by atoms with van der Waals surface area (Å²) in [7, 11) is 0. The van der Waals surface area contributed by atoms with Crippen LogP contribution in [0.1, 0.15) is 11.1 Å². The maximum absolute atomic E-state index is 9.65. The average molecular weight is 248 g/mol. The van der Waals surface area contributed by atoms with Gasteiger partial charge < -0.3 is 25.5 Å². The third-order valence-corrected chi connectivity index (χ3v) is 2.69. The maximum Gasteiger partial charge on any atom is 0.200 e. The van der Waals surface area contributed by atoms with Gasteiger partial charge in [0.05, 0.1) is 0 Å². The third kappa shape index (κ3) is 1.98. The summed E-state index contributed by atoms with van der Waals surface area (Å²) in [6, 6.07) is 7.14. The number of rotatable bonds is 2. The Morgan fingerprint density at radius 1 is 0.611 bits per heavy atom. The van der Waals surface area contributed by atoms with Crippen molar-refractivity contribution in [3.05, 3.63) is 41.5 Å². The Balaban J connectivity index is 2.41. The SMILES string of the molecule is Oc1cccc(Cc2ccc(O)c(O)c2O)c1O. The molecule has 0 bridgehead atoms. The van der Waals surface area contributed by atoms with E-state index in [0.717, 1.165) is 0 Å². The molecule has 0 fully saturated rings. The fourth-order valence-corrected chi connectivity index (χ4v) is 1.68. The van der Waals surface area contributed by atoms with Crippen LogP contribution in [-0.4, -0.2) is 25.5 Å². The lowest BCUT2D eigenvalue weighted by atomic mass is 10.0. The molecule has 2 rings (SSSR count). The van der Waals surface area contributed by atoms with Gasteiger partial charge in [-0.05, 0) is 12.1 Å². The van der Waals surface area contributed by atoms with Gasteiger partial charge in [-0.25, -0.2) is 0 Å². The highest BCUT2D eigenvalue weighted by Gasteiger charge is 2.13. The standard InChI is InChI=1S/C13H12O5/c14-9-3-1-2-7(11(9)16)6-8-4-5-10(15)13(18)12(8)17/h1-5,14-18H,6H2. The molecule has 18 heavy (non-hydrogen) atoms. The van der Waals surface area contributed by atoms with Crippen molar-refractivity contribution in [2.45, 2.75) is 6.42 Å².